The van der Waals surface area contributed by atoms with E-state index < -0.39 is 0 Å². The van der Waals surface area contributed by atoms with Crippen molar-refractivity contribution in [3.63, 3.8) is 0 Å². The number of aryl methyl sites for hydroxylation is 1. The van der Waals surface area contributed by atoms with Gasteiger partial charge in [0.05, 0.1) is 12.0 Å². The van der Waals surface area contributed by atoms with Crippen LogP contribution in [0.2, 0.25) is 0 Å². The zero-order valence-corrected chi connectivity index (χ0v) is 14.5. The van der Waals surface area contributed by atoms with Crippen LogP contribution in [0.25, 0.3) is 11.6 Å². The van der Waals surface area contributed by atoms with Gasteiger partial charge in [0.2, 0.25) is 0 Å². The minimum absolute atomic E-state index is 0.0906. The summed E-state index contributed by atoms with van der Waals surface area (Å²) < 4.78 is 7.35. The van der Waals surface area contributed by atoms with Crippen molar-refractivity contribution in [2.45, 2.75) is 32.0 Å². The normalized spacial score (nSPS) is 10.9. The average Bonchev–Trinajstić information content (AvgIpc) is 3.28. The van der Waals surface area contributed by atoms with Crippen molar-refractivity contribution in [1.82, 2.24) is 14.8 Å². The van der Waals surface area contributed by atoms with Gasteiger partial charge in [-0.1, -0.05) is 43.0 Å². The van der Waals surface area contributed by atoms with E-state index in [0.29, 0.717) is 23.9 Å². The average molecular weight is 341 g/mol. The zero-order valence-electron chi connectivity index (χ0n) is 13.7. The van der Waals surface area contributed by atoms with Gasteiger partial charge in [0, 0.05) is 12.1 Å². The quantitative estimate of drug-likeness (QED) is 0.478. The van der Waals surface area contributed by atoms with Crippen molar-refractivity contribution in [2.75, 3.05) is 5.75 Å². The molecule has 0 amide bonds. The number of aromatic nitrogens is 3. The van der Waals surface area contributed by atoms with E-state index in [2.05, 4.69) is 17.1 Å². The molecule has 0 aliphatic rings. The predicted molar refractivity (Wildman–Crippen MR) is 94.3 cm³/mol. The molecule has 0 radical (unpaired) electrons. The number of Topliss-reactive ketones (excluding diaryl/α,β-unsaturated/α-hetero) is 1. The number of carbonyl (C=O) groups excluding carboxylic acids is 1. The molecule has 0 atom stereocenters. The van der Waals surface area contributed by atoms with Crippen molar-refractivity contribution in [1.29, 1.82) is 0 Å². The molecule has 0 saturated heterocycles. The van der Waals surface area contributed by atoms with Crippen LogP contribution in [0.4, 0.5) is 0 Å². The van der Waals surface area contributed by atoms with Gasteiger partial charge in [-0.3, -0.25) is 9.36 Å². The van der Waals surface area contributed by atoms with E-state index in [-0.39, 0.29) is 5.78 Å². The Morgan fingerprint density at radius 2 is 1.96 bits per heavy atom. The molecule has 0 spiro atoms. The third kappa shape index (κ3) is 3.43. The van der Waals surface area contributed by atoms with Gasteiger partial charge in [-0.25, -0.2) is 0 Å². The fourth-order valence-electron chi connectivity index (χ4n) is 2.41. The number of hydrogen-bond acceptors (Lipinski definition) is 5. The molecule has 24 heavy (non-hydrogen) atoms. The molecule has 0 unspecified atom stereocenters. The summed E-state index contributed by atoms with van der Waals surface area (Å²) in [6, 6.07) is 11.5. The van der Waals surface area contributed by atoms with Crippen LogP contribution in [0, 0.1) is 0 Å². The largest absolute Gasteiger partial charge is 0.461 e. The van der Waals surface area contributed by atoms with Crippen LogP contribution in [0.15, 0.2) is 52.2 Å². The monoisotopic (exact) mass is 341 g/mol. The third-order valence-electron chi connectivity index (χ3n) is 3.79. The lowest BCUT2D eigenvalue weighted by molar-refractivity contribution is 0.102. The van der Waals surface area contributed by atoms with Gasteiger partial charge in [-0.2, -0.15) is 0 Å². The van der Waals surface area contributed by atoms with Crippen LogP contribution < -0.4 is 0 Å². The van der Waals surface area contributed by atoms with Gasteiger partial charge in [-0.15, -0.1) is 10.2 Å². The Balaban J connectivity index is 1.71. The number of rotatable bonds is 7. The number of furan rings is 1. The number of thioether (sulfide) groups is 1. The summed E-state index contributed by atoms with van der Waals surface area (Å²) in [7, 11) is 0. The van der Waals surface area contributed by atoms with E-state index in [1.54, 1.807) is 6.26 Å². The first-order valence-electron chi connectivity index (χ1n) is 7.95. The molecule has 0 aliphatic carbocycles. The first kappa shape index (κ1) is 16.5. The van der Waals surface area contributed by atoms with Crippen LogP contribution in [0.5, 0.6) is 0 Å². The summed E-state index contributed by atoms with van der Waals surface area (Å²) >= 11 is 1.40. The van der Waals surface area contributed by atoms with Crippen LogP contribution >= 0.6 is 11.8 Å². The maximum absolute atomic E-state index is 12.4. The van der Waals surface area contributed by atoms with Gasteiger partial charge in [0.25, 0.3) is 0 Å². The second-order valence-corrected chi connectivity index (χ2v) is 6.23. The third-order valence-corrected chi connectivity index (χ3v) is 4.76. The topological polar surface area (TPSA) is 60.9 Å². The van der Waals surface area contributed by atoms with Crippen molar-refractivity contribution < 1.29 is 9.21 Å². The molecule has 1 aromatic carbocycles. The Bertz CT molecular complexity index is 807. The Morgan fingerprint density at radius 1 is 1.17 bits per heavy atom. The molecule has 2 aromatic heterocycles. The highest BCUT2D eigenvalue weighted by Crippen LogP contribution is 2.24. The summed E-state index contributed by atoms with van der Waals surface area (Å²) in [5.41, 5.74) is 1.96. The lowest BCUT2D eigenvalue weighted by Gasteiger charge is -2.06. The minimum Gasteiger partial charge on any atom is -0.461 e. The van der Waals surface area contributed by atoms with Crippen LogP contribution in [0.1, 0.15) is 29.8 Å². The molecular weight excluding hydrogens is 322 g/mol. The molecule has 0 fully saturated rings. The van der Waals surface area contributed by atoms with Gasteiger partial charge in [0.1, 0.15) is 0 Å². The summed E-state index contributed by atoms with van der Waals surface area (Å²) in [5, 5.41) is 9.11. The number of hydrogen-bond donors (Lipinski definition) is 0. The maximum Gasteiger partial charge on any atom is 0.200 e. The molecule has 124 valence electrons. The van der Waals surface area contributed by atoms with Crippen molar-refractivity contribution in [2.24, 2.45) is 0 Å². The van der Waals surface area contributed by atoms with Crippen molar-refractivity contribution >= 4 is 17.5 Å². The molecule has 0 N–H and O–H groups in total. The molecule has 0 aliphatic heterocycles. The zero-order chi connectivity index (χ0) is 16.9. The fraction of sp³-hybridized carbons (Fsp3) is 0.278. The van der Waals surface area contributed by atoms with Gasteiger partial charge >= 0.3 is 0 Å². The SMILES string of the molecule is CCc1ccc(C(=O)CSc2nnc(-c3ccco3)n2CC)cc1. The Kier molecular flexibility index (Phi) is 5.15. The second kappa shape index (κ2) is 7.49. The number of nitrogens with zero attached hydrogens (tertiary/aromatic N) is 3. The molecule has 0 saturated carbocycles. The highest BCUT2D eigenvalue weighted by Gasteiger charge is 2.16. The van der Waals surface area contributed by atoms with Crippen LogP contribution in [-0.2, 0) is 13.0 Å². The molecule has 0 bridgehead atoms. The van der Waals surface area contributed by atoms with Crippen LogP contribution in [0.3, 0.4) is 0 Å². The molecule has 6 heteroatoms. The van der Waals surface area contributed by atoms with E-state index in [1.165, 1.54) is 17.3 Å². The first-order chi connectivity index (χ1) is 11.7. The first-order valence-corrected chi connectivity index (χ1v) is 8.93. The van der Waals surface area contributed by atoms with E-state index >= 15 is 0 Å². The summed E-state index contributed by atoms with van der Waals surface area (Å²) in [5.74, 6) is 1.79. The number of carbonyl (C=O) groups is 1. The lowest BCUT2D eigenvalue weighted by Crippen LogP contribution is -2.05. The summed E-state index contributed by atoms with van der Waals surface area (Å²) in [4.78, 5) is 12.4. The summed E-state index contributed by atoms with van der Waals surface area (Å²) in [6.07, 6.45) is 2.58. The molecule has 2 heterocycles. The van der Waals surface area contributed by atoms with Crippen molar-refractivity contribution in [3.05, 3.63) is 53.8 Å². The smallest absolute Gasteiger partial charge is 0.200 e. The number of benzene rings is 1. The molecule has 5 nitrogen and oxygen atoms in total. The van der Waals surface area contributed by atoms with E-state index in [0.717, 1.165) is 17.1 Å². The maximum atomic E-state index is 12.4. The molecule has 3 aromatic rings. The highest BCUT2D eigenvalue weighted by molar-refractivity contribution is 7.99. The standard InChI is InChI=1S/C18H19N3O2S/c1-3-13-7-9-14(10-8-13)15(22)12-24-18-20-19-17(21(18)4-2)16-6-5-11-23-16/h5-11H,3-4,12H2,1-2H3. The van der Waals surface area contributed by atoms with Crippen molar-refractivity contribution in [3.8, 4) is 11.6 Å². The minimum atomic E-state index is 0.0906. The summed E-state index contributed by atoms with van der Waals surface area (Å²) in [6.45, 7) is 4.83. The second-order valence-electron chi connectivity index (χ2n) is 5.29. The fourth-order valence-corrected chi connectivity index (χ4v) is 3.31. The predicted octanol–water partition coefficient (Wildman–Crippen LogP) is 4.10. The van der Waals surface area contributed by atoms with E-state index in [4.69, 9.17) is 4.42 Å². The van der Waals surface area contributed by atoms with Gasteiger partial charge in [0.15, 0.2) is 22.5 Å². The van der Waals surface area contributed by atoms with E-state index in [1.807, 2.05) is 47.9 Å². The molecule has 3 rings (SSSR count). The lowest BCUT2D eigenvalue weighted by atomic mass is 10.1. The van der Waals surface area contributed by atoms with E-state index in [9.17, 15) is 4.79 Å². The molecular formula is C18H19N3O2S. The highest BCUT2D eigenvalue weighted by atomic mass is 32.2. The van der Waals surface area contributed by atoms with Crippen LogP contribution in [-0.4, -0.2) is 26.3 Å². The van der Waals surface area contributed by atoms with Gasteiger partial charge < -0.3 is 4.42 Å². The Morgan fingerprint density at radius 3 is 2.58 bits per heavy atom. The van der Waals surface area contributed by atoms with Gasteiger partial charge in [-0.05, 0) is 31.0 Å². The Hall–Kier alpha value is -2.34. The number of ketones is 1. The Labute approximate surface area is 145 Å².